The average molecular weight is 461 g/mol. The van der Waals surface area contributed by atoms with Gasteiger partial charge in [-0.15, -0.1) is 11.3 Å². The average Bonchev–Trinajstić information content (AvgIpc) is 3.25. The first kappa shape index (κ1) is 18.2. The zero-order valence-electron chi connectivity index (χ0n) is 14.4. The first-order valence-electron chi connectivity index (χ1n) is 8.21. The Labute approximate surface area is 174 Å². The number of aromatic nitrogens is 3. The van der Waals surface area contributed by atoms with E-state index in [1.54, 1.807) is 30.8 Å². The van der Waals surface area contributed by atoms with E-state index in [-0.39, 0.29) is 0 Å². The van der Waals surface area contributed by atoms with Crippen molar-refractivity contribution in [3.8, 4) is 27.4 Å². The van der Waals surface area contributed by atoms with Gasteiger partial charge < -0.3 is 4.74 Å². The zero-order chi connectivity index (χ0) is 18.8. The Morgan fingerprint density at radius 2 is 1.81 bits per heavy atom. The molecular weight excluding hydrogens is 446 g/mol. The first-order valence-corrected chi connectivity index (χ1v) is 10.2. The predicted molar refractivity (Wildman–Crippen MR) is 114 cm³/mol. The van der Waals surface area contributed by atoms with Crippen LogP contribution in [-0.4, -0.2) is 21.9 Å². The molecule has 0 unspecified atom stereocenters. The van der Waals surface area contributed by atoms with Crippen LogP contribution in [0.15, 0.2) is 65.5 Å². The molecule has 0 saturated carbocycles. The van der Waals surface area contributed by atoms with Gasteiger partial charge in [-0.3, -0.25) is 9.67 Å². The van der Waals surface area contributed by atoms with E-state index in [0.717, 1.165) is 42.0 Å². The summed E-state index contributed by atoms with van der Waals surface area (Å²) in [6, 6.07) is 15.9. The summed E-state index contributed by atoms with van der Waals surface area (Å²) in [6.07, 6.45) is 3.57. The molecule has 4 nitrogen and oxygen atoms in total. The van der Waals surface area contributed by atoms with E-state index >= 15 is 0 Å². The Balaban J connectivity index is 1.83. The van der Waals surface area contributed by atoms with Crippen molar-refractivity contribution in [1.29, 1.82) is 0 Å². The maximum absolute atomic E-state index is 6.21. The minimum Gasteiger partial charge on any atom is -0.497 e. The van der Waals surface area contributed by atoms with Crippen LogP contribution in [-0.2, 0) is 6.54 Å². The fourth-order valence-electron chi connectivity index (χ4n) is 2.92. The first-order chi connectivity index (χ1) is 13.2. The van der Waals surface area contributed by atoms with Crippen molar-refractivity contribution in [3.05, 3.63) is 75.4 Å². The summed E-state index contributed by atoms with van der Waals surface area (Å²) in [6.45, 7) is 0.637. The molecule has 0 radical (unpaired) electrons. The maximum atomic E-state index is 6.21. The topological polar surface area (TPSA) is 39.9 Å². The molecule has 0 spiro atoms. The minimum absolute atomic E-state index is 0.637. The Bertz CT molecular complexity index is 1060. The van der Waals surface area contributed by atoms with E-state index in [1.165, 1.54) is 0 Å². The van der Waals surface area contributed by atoms with Gasteiger partial charge in [0.1, 0.15) is 10.4 Å². The van der Waals surface area contributed by atoms with Crippen molar-refractivity contribution in [1.82, 2.24) is 14.8 Å². The minimum atomic E-state index is 0.637. The monoisotopic (exact) mass is 459 g/mol. The summed E-state index contributed by atoms with van der Waals surface area (Å²) >= 11 is 11.4. The lowest BCUT2D eigenvalue weighted by atomic mass is 10.1. The van der Waals surface area contributed by atoms with Gasteiger partial charge in [0.05, 0.1) is 28.6 Å². The number of ether oxygens (including phenoxy) is 1. The van der Waals surface area contributed by atoms with E-state index in [9.17, 15) is 0 Å². The summed E-state index contributed by atoms with van der Waals surface area (Å²) in [7, 11) is 1.67. The van der Waals surface area contributed by atoms with Gasteiger partial charge in [0, 0.05) is 18.0 Å². The molecule has 3 aromatic heterocycles. The Kier molecular flexibility index (Phi) is 5.29. The number of methoxy groups -OCH3 is 1. The van der Waals surface area contributed by atoms with Crippen molar-refractivity contribution >= 4 is 38.9 Å². The third-order valence-corrected chi connectivity index (χ3v) is 5.97. The molecule has 0 atom stereocenters. The third-order valence-electron chi connectivity index (χ3n) is 4.18. The van der Waals surface area contributed by atoms with Gasteiger partial charge >= 0.3 is 0 Å². The summed E-state index contributed by atoms with van der Waals surface area (Å²) in [4.78, 5) is 5.19. The highest BCUT2D eigenvalue weighted by Gasteiger charge is 2.21. The largest absolute Gasteiger partial charge is 0.497 e. The number of pyridine rings is 1. The van der Waals surface area contributed by atoms with Crippen molar-refractivity contribution in [3.63, 3.8) is 0 Å². The van der Waals surface area contributed by atoms with Gasteiger partial charge in [-0.05, 0) is 63.5 Å². The molecule has 0 aliphatic heterocycles. The molecule has 136 valence electrons. The van der Waals surface area contributed by atoms with Gasteiger partial charge in [-0.1, -0.05) is 23.7 Å². The van der Waals surface area contributed by atoms with Crippen LogP contribution in [0.4, 0.5) is 0 Å². The lowest BCUT2D eigenvalue weighted by Crippen LogP contribution is -2.03. The molecule has 0 fully saturated rings. The molecule has 0 amide bonds. The van der Waals surface area contributed by atoms with Crippen LogP contribution in [0, 0.1) is 0 Å². The highest BCUT2D eigenvalue weighted by molar-refractivity contribution is 9.10. The van der Waals surface area contributed by atoms with Crippen LogP contribution in [0.1, 0.15) is 5.56 Å². The predicted octanol–water partition coefficient (Wildman–Crippen LogP) is 6.15. The molecule has 4 rings (SSSR count). The number of thiophene rings is 1. The van der Waals surface area contributed by atoms with Crippen LogP contribution in [0.3, 0.4) is 0 Å². The molecular formula is C20H15BrClN3OS. The lowest BCUT2D eigenvalue weighted by Gasteiger charge is -2.09. The molecule has 0 aliphatic carbocycles. The second kappa shape index (κ2) is 7.84. The molecule has 3 heterocycles. The van der Waals surface area contributed by atoms with Crippen molar-refractivity contribution in [2.45, 2.75) is 6.54 Å². The van der Waals surface area contributed by atoms with E-state index in [2.05, 4.69) is 20.9 Å². The molecule has 0 saturated heterocycles. The number of hydrogen-bond donors (Lipinski definition) is 0. The second-order valence-corrected chi connectivity index (χ2v) is 8.33. The molecule has 0 aliphatic rings. The second-order valence-electron chi connectivity index (χ2n) is 5.86. The highest BCUT2D eigenvalue weighted by atomic mass is 79.9. The number of hydrogen-bond acceptors (Lipinski definition) is 4. The molecule has 27 heavy (non-hydrogen) atoms. The molecule has 0 N–H and O–H groups in total. The van der Waals surface area contributed by atoms with Crippen LogP contribution in [0.2, 0.25) is 4.34 Å². The van der Waals surface area contributed by atoms with E-state index < -0.39 is 0 Å². The van der Waals surface area contributed by atoms with E-state index in [1.807, 2.05) is 53.2 Å². The number of nitrogens with zero attached hydrogens (tertiary/aromatic N) is 3. The van der Waals surface area contributed by atoms with Gasteiger partial charge in [-0.25, -0.2) is 0 Å². The molecule has 7 heteroatoms. The SMILES string of the molecule is COc1ccc(Cn2nc(Br)c(-c3ccncc3)c2-c2ccc(Cl)s2)cc1. The number of rotatable bonds is 5. The third kappa shape index (κ3) is 3.78. The Morgan fingerprint density at radius 1 is 1.07 bits per heavy atom. The van der Waals surface area contributed by atoms with Crippen LogP contribution >= 0.6 is 38.9 Å². The van der Waals surface area contributed by atoms with Gasteiger partial charge in [0.15, 0.2) is 0 Å². The zero-order valence-corrected chi connectivity index (χ0v) is 17.6. The van der Waals surface area contributed by atoms with Crippen LogP contribution in [0.5, 0.6) is 5.75 Å². The summed E-state index contributed by atoms with van der Waals surface area (Å²) < 4.78 is 8.79. The standard InChI is InChI=1S/C20H15BrClN3OS/c1-26-15-4-2-13(3-5-15)12-25-19(16-6-7-17(22)27-16)18(20(21)24-25)14-8-10-23-11-9-14/h2-11H,12H2,1H3. The fraction of sp³-hybridized carbons (Fsp3) is 0.100. The quantitative estimate of drug-likeness (QED) is 0.359. The van der Waals surface area contributed by atoms with E-state index in [4.69, 9.17) is 21.4 Å². The van der Waals surface area contributed by atoms with Crippen molar-refractivity contribution in [2.24, 2.45) is 0 Å². The fourth-order valence-corrected chi connectivity index (χ4v) is 4.62. The lowest BCUT2D eigenvalue weighted by molar-refractivity contribution is 0.414. The number of halogens is 2. The molecule has 0 bridgehead atoms. The Morgan fingerprint density at radius 3 is 2.44 bits per heavy atom. The normalized spacial score (nSPS) is 10.9. The van der Waals surface area contributed by atoms with Crippen molar-refractivity contribution in [2.75, 3.05) is 7.11 Å². The number of benzene rings is 1. The summed E-state index contributed by atoms with van der Waals surface area (Å²) in [5.74, 6) is 0.836. The van der Waals surface area contributed by atoms with Crippen molar-refractivity contribution < 1.29 is 4.74 Å². The highest BCUT2D eigenvalue weighted by Crippen LogP contribution is 2.41. The maximum Gasteiger partial charge on any atom is 0.136 e. The van der Waals surface area contributed by atoms with Crippen LogP contribution in [0.25, 0.3) is 21.7 Å². The summed E-state index contributed by atoms with van der Waals surface area (Å²) in [5, 5.41) is 4.76. The van der Waals surface area contributed by atoms with Gasteiger partial charge in [0.25, 0.3) is 0 Å². The Hall–Kier alpha value is -2.15. The van der Waals surface area contributed by atoms with Gasteiger partial charge in [-0.2, -0.15) is 5.10 Å². The smallest absolute Gasteiger partial charge is 0.136 e. The van der Waals surface area contributed by atoms with Gasteiger partial charge in [0.2, 0.25) is 0 Å². The van der Waals surface area contributed by atoms with E-state index in [0.29, 0.717) is 6.54 Å². The summed E-state index contributed by atoms with van der Waals surface area (Å²) in [5.41, 5.74) is 4.25. The molecule has 1 aromatic carbocycles. The molecule has 4 aromatic rings. The van der Waals surface area contributed by atoms with Crippen LogP contribution < -0.4 is 4.74 Å².